The van der Waals surface area contributed by atoms with Crippen LogP contribution in [0, 0.1) is 16.0 Å². The van der Waals surface area contributed by atoms with E-state index in [-0.39, 0.29) is 18.1 Å². The molecule has 2 rings (SSSR count). The minimum absolute atomic E-state index is 0.0617. The molecule has 1 fully saturated rings. The third-order valence-corrected chi connectivity index (χ3v) is 3.35. The summed E-state index contributed by atoms with van der Waals surface area (Å²) in [4.78, 5) is 34.0. The van der Waals surface area contributed by atoms with Crippen LogP contribution < -0.4 is 0 Å². The first kappa shape index (κ1) is 14.0. The van der Waals surface area contributed by atoms with Gasteiger partial charge < -0.3 is 14.4 Å². The first-order chi connectivity index (χ1) is 9.47. The number of piperidine rings is 1. The van der Waals surface area contributed by atoms with Crippen LogP contribution in [-0.4, -0.2) is 39.9 Å². The zero-order chi connectivity index (χ0) is 14.7. The Bertz CT molecular complexity index is 530. The SMILES string of the molecule is O=C(O)CC1CCN(C(=O)c2ccc([N+](=O)[O-])o2)CC1. The molecule has 2 heterocycles. The van der Waals surface area contributed by atoms with E-state index in [4.69, 9.17) is 9.52 Å². The first-order valence-corrected chi connectivity index (χ1v) is 6.22. The molecule has 1 aliphatic rings. The van der Waals surface area contributed by atoms with Crippen LogP contribution in [-0.2, 0) is 4.79 Å². The number of rotatable bonds is 4. The van der Waals surface area contributed by atoms with Crippen molar-refractivity contribution in [2.24, 2.45) is 5.92 Å². The van der Waals surface area contributed by atoms with Gasteiger partial charge in [0.05, 0.1) is 6.07 Å². The molecule has 0 bridgehead atoms. The molecule has 0 atom stereocenters. The van der Waals surface area contributed by atoms with E-state index in [2.05, 4.69) is 0 Å². The van der Waals surface area contributed by atoms with Crippen LogP contribution in [0.25, 0.3) is 0 Å². The summed E-state index contributed by atoms with van der Waals surface area (Å²) in [6.07, 6.45) is 1.33. The molecule has 1 saturated heterocycles. The number of amides is 1. The molecule has 20 heavy (non-hydrogen) atoms. The molecule has 0 saturated carbocycles. The second-order valence-corrected chi connectivity index (χ2v) is 4.73. The molecular weight excluding hydrogens is 268 g/mol. The molecule has 1 aromatic heterocycles. The summed E-state index contributed by atoms with van der Waals surface area (Å²) >= 11 is 0. The molecule has 0 spiro atoms. The normalized spacial score (nSPS) is 16.1. The summed E-state index contributed by atoms with van der Waals surface area (Å²) in [5, 5.41) is 19.2. The van der Waals surface area contributed by atoms with Gasteiger partial charge in [0, 0.05) is 19.5 Å². The second kappa shape index (κ2) is 5.72. The zero-order valence-corrected chi connectivity index (χ0v) is 10.7. The number of carbonyl (C=O) groups excluding carboxylic acids is 1. The quantitative estimate of drug-likeness (QED) is 0.661. The van der Waals surface area contributed by atoms with Crippen LogP contribution in [0.15, 0.2) is 16.5 Å². The summed E-state index contributed by atoms with van der Waals surface area (Å²) in [5.74, 6) is -1.69. The second-order valence-electron chi connectivity index (χ2n) is 4.73. The van der Waals surface area contributed by atoms with Crippen LogP contribution in [0.5, 0.6) is 0 Å². The van der Waals surface area contributed by atoms with Crippen molar-refractivity contribution in [1.29, 1.82) is 0 Å². The molecule has 1 aromatic rings. The Labute approximate surface area is 114 Å². The first-order valence-electron chi connectivity index (χ1n) is 6.22. The van der Waals surface area contributed by atoms with Crippen molar-refractivity contribution in [3.63, 3.8) is 0 Å². The van der Waals surface area contributed by atoms with Crippen molar-refractivity contribution in [1.82, 2.24) is 4.90 Å². The van der Waals surface area contributed by atoms with Crippen LogP contribution in [0.2, 0.25) is 0 Å². The molecule has 0 aromatic carbocycles. The van der Waals surface area contributed by atoms with E-state index in [1.54, 1.807) is 0 Å². The third kappa shape index (κ3) is 3.14. The Morgan fingerprint density at radius 2 is 2.05 bits per heavy atom. The van der Waals surface area contributed by atoms with Gasteiger partial charge in [-0.2, -0.15) is 0 Å². The van der Waals surface area contributed by atoms with Crippen molar-refractivity contribution < 1.29 is 24.0 Å². The Kier molecular flexibility index (Phi) is 4.02. The highest BCUT2D eigenvalue weighted by Crippen LogP contribution is 2.23. The van der Waals surface area contributed by atoms with E-state index in [1.165, 1.54) is 11.0 Å². The predicted molar refractivity (Wildman–Crippen MR) is 66.2 cm³/mol. The fraction of sp³-hybridized carbons (Fsp3) is 0.500. The molecule has 1 amide bonds. The van der Waals surface area contributed by atoms with Gasteiger partial charge in [0.1, 0.15) is 4.92 Å². The number of carboxylic acids is 1. The average Bonchev–Trinajstić information content (AvgIpc) is 2.88. The van der Waals surface area contributed by atoms with Crippen LogP contribution in [0.3, 0.4) is 0 Å². The monoisotopic (exact) mass is 282 g/mol. The molecule has 8 heteroatoms. The van der Waals surface area contributed by atoms with Gasteiger partial charge in [-0.05, 0) is 24.8 Å². The van der Waals surface area contributed by atoms with Crippen LogP contribution in [0.4, 0.5) is 5.88 Å². The van der Waals surface area contributed by atoms with Gasteiger partial charge in [0.25, 0.3) is 5.91 Å². The molecule has 1 aliphatic heterocycles. The maximum Gasteiger partial charge on any atom is 0.433 e. The lowest BCUT2D eigenvalue weighted by atomic mass is 9.93. The van der Waals surface area contributed by atoms with Gasteiger partial charge in [0.2, 0.25) is 0 Å². The van der Waals surface area contributed by atoms with E-state index in [1.807, 2.05) is 0 Å². The van der Waals surface area contributed by atoms with E-state index >= 15 is 0 Å². The van der Waals surface area contributed by atoms with Gasteiger partial charge >= 0.3 is 11.9 Å². The van der Waals surface area contributed by atoms with Gasteiger partial charge in [-0.1, -0.05) is 0 Å². The van der Waals surface area contributed by atoms with Crippen LogP contribution in [0.1, 0.15) is 29.8 Å². The van der Waals surface area contributed by atoms with Crippen molar-refractivity contribution in [3.8, 4) is 0 Å². The maximum atomic E-state index is 12.1. The topological polar surface area (TPSA) is 114 Å². The summed E-state index contributed by atoms with van der Waals surface area (Å²) in [5.41, 5.74) is 0. The van der Waals surface area contributed by atoms with Crippen LogP contribution >= 0.6 is 0 Å². The highest BCUT2D eigenvalue weighted by atomic mass is 16.6. The van der Waals surface area contributed by atoms with Gasteiger partial charge in [0.15, 0.2) is 5.76 Å². The van der Waals surface area contributed by atoms with E-state index in [0.29, 0.717) is 25.9 Å². The number of nitrogens with zero attached hydrogens (tertiary/aromatic N) is 2. The minimum Gasteiger partial charge on any atom is -0.481 e. The Balaban J connectivity index is 1.94. The molecule has 1 N–H and O–H groups in total. The summed E-state index contributed by atoms with van der Waals surface area (Å²) in [7, 11) is 0. The van der Waals surface area contributed by atoms with Crippen molar-refractivity contribution in [3.05, 3.63) is 28.0 Å². The molecule has 0 aliphatic carbocycles. The van der Waals surface area contributed by atoms with Gasteiger partial charge in [-0.15, -0.1) is 0 Å². The maximum absolute atomic E-state index is 12.1. The predicted octanol–water partition coefficient (Wildman–Crippen LogP) is 1.51. The summed E-state index contributed by atoms with van der Waals surface area (Å²) < 4.78 is 4.87. The summed E-state index contributed by atoms with van der Waals surface area (Å²) in [6, 6.07) is 2.42. The van der Waals surface area contributed by atoms with Crippen molar-refractivity contribution in [2.45, 2.75) is 19.3 Å². The third-order valence-electron chi connectivity index (χ3n) is 3.35. The lowest BCUT2D eigenvalue weighted by molar-refractivity contribution is -0.402. The van der Waals surface area contributed by atoms with Crippen molar-refractivity contribution in [2.75, 3.05) is 13.1 Å². The number of carbonyl (C=O) groups is 2. The lowest BCUT2D eigenvalue weighted by Crippen LogP contribution is -2.38. The Morgan fingerprint density at radius 3 is 2.55 bits per heavy atom. The molecule has 108 valence electrons. The van der Waals surface area contributed by atoms with E-state index < -0.39 is 22.7 Å². The smallest absolute Gasteiger partial charge is 0.433 e. The Hall–Kier alpha value is -2.38. The largest absolute Gasteiger partial charge is 0.481 e. The number of nitro groups is 1. The minimum atomic E-state index is -0.837. The number of likely N-dealkylation sites (tertiary alicyclic amines) is 1. The fourth-order valence-corrected chi connectivity index (χ4v) is 2.28. The zero-order valence-electron chi connectivity index (χ0n) is 10.7. The standard InChI is InChI=1S/C12H14N2O6/c15-11(16)7-8-3-5-13(6-4-8)12(17)9-1-2-10(20-9)14(18)19/h1-2,8H,3-7H2,(H,15,16). The number of carboxylic acid groups (broad SMARTS) is 1. The lowest BCUT2D eigenvalue weighted by Gasteiger charge is -2.30. The Morgan fingerprint density at radius 1 is 1.40 bits per heavy atom. The van der Waals surface area contributed by atoms with Gasteiger partial charge in [-0.25, -0.2) is 0 Å². The number of hydrogen-bond donors (Lipinski definition) is 1. The molecule has 0 unspecified atom stereocenters. The molecule has 0 radical (unpaired) electrons. The van der Waals surface area contributed by atoms with E-state index in [0.717, 1.165) is 6.07 Å². The number of furan rings is 1. The average molecular weight is 282 g/mol. The number of hydrogen-bond acceptors (Lipinski definition) is 5. The highest BCUT2D eigenvalue weighted by molar-refractivity contribution is 5.91. The van der Waals surface area contributed by atoms with Gasteiger partial charge in [-0.3, -0.25) is 19.7 Å². The fourth-order valence-electron chi connectivity index (χ4n) is 2.28. The van der Waals surface area contributed by atoms with E-state index in [9.17, 15) is 19.7 Å². The molecule has 8 nitrogen and oxygen atoms in total. The molecular formula is C12H14N2O6. The summed E-state index contributed by atoms with van der Waals surface area (Å²) in [6.45, 7) is 0.872. The van der Waals surface area contributed by atoms with Crippen molar-refractivity contribution >= 4 is 17.8 Å². The number of aliphatic carboxylic acids is 1. The highest BCUT2D eigenvalue weighted by Gasteiger charge is 2.27.